The molecule has 0 saturated carbocycles. The molecular formula is C21H29N3O2. The third-order valence-corrected chi connectivity index (χ3v) is 4.17. The van der Waals surface area contributed by atoms with Crippen LogP contribution in [0.4, 0.5) is 0 Å². The number of rotatable bonds is 8. The van der Waals surface area contributed by atoms with E-state index < -0.39 is 0 Å². The van der Waals surface area contributed by atoms with Gasteiger partial charge < -0.3 is 20.1 Å². The lowest BCUT2D eigenvalue weighted by Gasteiger charge is -2.13. The Morgan fingerprint density at radius 1 is 1.00 bits per heavy atom. The maximum absolute atomic E-state index is 5.36. The molecule has 0 aliphatic heterocycles. The van der Waals surface area contributed by atoms with E-state index in [0.717, 1.165) is 37.0 Å². The molecule has 2 rings (SSSR count). The first-order chi connectivity index (χ1) is 12.7. The van der Waals surface area contributed by atoms with E-state index in [1.54, 1.807) is 14.2 Å². The molecular weight excluding hydrogens is 326 g/mol. The van der Waals surface area contributed by atoms with Gasteiger partial charge in [0.15, 0.2) is 17.5 Å². The van der Waals surface area contributed by atoms with Gasteiger partial charge in [0.2, 0.25) is 0 Å². The average molecular weight is 355 g/mol. The molecule has 0 bridgehead atoms. The second-order valence-electron chi connectivity index (χ2n) is 5.99. The summed E-state index contributed by atoms with van der Waals surface area (Å²) in [5.74, 6) is 2.33. The van der Waals surface area contributed by atoms with Crippen LogP contribution in [-0.4, -0.2) is 33.3 Å². The van der Waals surface area contributed by atoms with E-state index in [1.165, 1.54) is 16.7 Å². The van der Waals surface area contributed by atoms with Crippen LogP contribution in [0.2, 0.25) is 0 Å². The number of methoxy groups -OCH3 is 2. The molecule has 26 heavy (non-hydrogen) atoms. The SMILES string of the molecule is CCNC(=NCc1ccccc1C)NCCc1ccc(OC)c(OC)c1. The zero-order valence-electron chi connectivity index (χ0n) is 16.1. The molecule has 0 spiro atoms. The molecule has 2 aromatic rings. The van der Waals surface area contributed by atoms with Crippen molar-refractivity contribution < 1.29 is 9.47 Å². The lowest BCUT2D eigenvalue weighted by atomic mass is 10.1. The van der Waals surface area contributed by atoms with Crippen LogP contribution in [0.15, 0.2) is 47.5 Å². The van der Waals surface area contributed by atoms with Gasteiger partial charge in [0, 0.05) is 13.1 Å². The van der Waals surface area contributed by atoms with E-state index >= 15 is 0 Å². The summed E-state index contributed by atoms with van der Waals surface area (Å²) in [6.45, 7) is 6.46. The predicted molar refractivity (Wildman–Crippen MR) is 107 cm³/mol. The minimum absolute atomic E-state index is 0.665. The van der Waals surface area contributed by atoms with Crippen LogP contribution in [0.25, 0.3) is 0 Å². The highest BCUT2D eigenvalue weighted by atomic mass is 16.5. The van der Waals surface area contributed by atoms with Crippen molar-refractivity contribution in [2.24, 2.45) is 4.99 Å². The standard InChI is InChI=1S/C21H29N3O2/c1-5-22-21(24-15-18-9-7-6-8-16(18)2)23-13-12-17-10-11-19(25-3)20(14-17)26-4/h6-11,14H,5,12-13,15H2,1-4H3,(H2,22,23,24). The monoisotopic (exact) mass is 355 g/mol. The van der Waals surface area contributed by atoms with Gasteiger partial charge in [-0.2, -0.15) is 0 Å². The van der Waals surface area contributed by atoms with Gasteiger partial charge in [-0.15, -0.1) is 0 Å². The number of hydrogen-bond acceptors (Lipinski definition) is 3. The molecule has 0 heterocycles. The number of guanidine groups is 1. The second-order valence-corrected chi connectivity index (χ2v) is 5.99. The maximum Gasteiger partial charge on any atom is 0.191 e. The minimum Gasteiger partial charge on any atom is -0.493 e. The fraction of sp³-hybridized carbons (Fsp3) is 0.381. The lowest BCUT2D eigenvalue weighted by Crippen LogP contribution is -2.38. The molecule has 0 aromatic heterocycles. The summed E-state index contributed by atoms with van der Waals surface area (Å²) in [6, 6.07) is 14.3. The van der Waals surface area contributed by atoms with Crippen LogP contribution in [-0.2, 0) is 13.0 Å². The molecule has 0 unspecified atom stereocenters. The number of aryl methyl sites for hydroxylation is 1. The average Bonchev–Trinajstić information content (AvgIpc) is 2.67. The molecule has 2 N–H and O–H groups in total. The van der Waals surface area contributed by atoms with E-state index in [2.05, 4.69) is 59.8 Å². The minimum atomic E-state index is 0.665. The Morgan fingerprint density at radius 2 is 1.77 bits per heavy atom. The summed E-state index contributed by atoms with van der Waals surface area (Å²) in [4.78, 5) is 4.69. The van der Waals surface area contributed by atoms with Gasteiger partial charge in [-0.3, -0.25) is 0 Å². The van der Waals surface area contributed by atoms with Crippen LogP contribution in [0.5, 0.6) is 11.5 Å². The molecule has 5 heteroatoms. The first-order valence-electron chi connectivity index (χ1n) is 8.95. The largest absolute Gasteiger partial charge is 0.493 e. The number of benzene rings is 2. The second kappa shape index (κ2) is 10.3. The normalized spacial score (nSPS) is 11.2. The van der Waals surface area contributed by atoms with Gasteiger partial charge in [0.05, 0.1) is 20.8 Å². The predicted octanol–water partition coefficient (Wildman–Crippen LogP) is 3.31. The third kappa shape index (κ3) is 5.69. The van der Waals surface area contributed by atoms with Gasteiger partial charge in [-0.1, -0.05) is 30.3 Å². The Labute approximate surface area is 156 Å². The molecule has 0 aliphatic carbocycles. The van der Waals surface area contributed by atoms with Gasteiger partial charge in [-0.25, -0.2) is 4.99 Å². The van der Waals surface area contributed by atoms with Crippen LogP contribution < -0.4 is 20.1 Å². The van der Waals surface area contributed by atoms with Crippen molar-refractivity contribution in [3.63, 3.8) is 0 Å². The summed E-state index contributed by atoms with van der Waals surface area (Å²) in [7, 11) is 3.30. The van der Waals surface area contributed by atoms with Crippen LogP contribution in [0, 0.1) is 6.92 Å². The number of nitrogens with zero attached hydrogens (tertiary/aromatic N) is 1. The van der Waals surface area contributed by atoms with Crippen LogP contribution >= 0.6 is 0 Å². The highest BCUT2D eigenvalue weighted by Crippen LogP contribution is 2.27. The van der Waals surface area contributed by atoms with Crippen molar-refractivity contribution >= 4 is 5.96 Å². The number of ether oxygens (including phenoxy) is 2. The lowest BCUT2D eigenvalue weighted by molar-refractivity contribution is 0.354. The van der Waals surface area contributed by atoms with Crippen molar-refractivity contribution in [1.82, 2.24) is 10.6 Å². The summed E-state index contributed by atoms with van der Waals surface area (Å²) in [5, 5.41) is 6.69. The van der Waals surface area contributed by atoms with Gasteiger partial charge in [0.25, 0.3) is 0 Å². The Morgan fingerprint density at radius 3 is 2.46 bits per heavy atom. The van der Waals surface area contributed by atoms with Crippen molar-refractivity contribution in [3.8, 4) is 11.5 Å². The smallest absolute Gasteiger partial charge is 0.191 e. The number of nitrogens with one attached hydrogen (secondary N) is 2. The zero-order valence-corrected chi connectivity index (χ0v) is 16.1. The highest BCUT2D eigenvalue weighted by Gasteiger charge is 2.05. The van der Waals surface area contributed by atoms with Crippen LogP contribution in [0.3, 0.4) is 0 Å². The Balaban J connectivity index is 1.94. The first kappa shape index (κ1) is 19.6. The van der Waals surface area contributed by atoms with Gasteiger partial charge >= 0.3 is 0 Å². The van der Waals surface area contributed by atoms with E-state index in [9.17, 15) is 0 Å². The van der Waals surface area contributed by atoms with Crippen molar-refractivity contribution in [3.05, 3.63) is 59.2 Å². The Kier molecular flexibility index (Phi) is 7.80. The molecule has 5 nitrogen and oxygen atoms in total. The molecule has 2 aromatic carbocycles. The van der Waals surface area contributed by atoms with Crippen molar-refractivity contribution in [2.75, 3.05) is 27.3 Å². The van der Waals surface area contributed by atoms with E-state index in [-0.39, 0.29) is 0 Å². The molecule has 0 saturated heterocycles. The maximum atomic E-state index is 5.36. The molecule has 0 atom stereocenters. The fourth-order valence-electron chi connectivity index (χ4n) is 2.65. The molecule has 0 radical (unpaired) electrons. The molecule has 0 aliphatic rings. The Bertz CT molecular complexity index is 729. The van der Waals surface area contributed by atoms with Crippen molar-refractivity contribution in [2.45, 2.75) is 26.8 Å². The summed E-state index contributed by atoms with van der Waals surface area (Å²) in [5.41, 5.74) is 3.69. The molecule has 0 amide bonds. The Hall–Kier alpha value is -2.69. The molecule has 0 fully saturated rings. The van der Waals surface area contributed by atoms with Gasteiger partial charge in [0.1, 0.15) is 0 Å². The summed E-state index contributed by atoms with van der Waals surface area (Å²) < 4.78 is 10.6. The first-order valence-corrected chi connectivity index (χ1v) is 8.95. The highest BCUT2D eigenvalue weighted by molar-refractivity contribution is 5.79. The number of hydrogen-bond donors (Lipinski definition) is 2. The fourth-order valence-corrected chi connectivity index (χ4v) is 2.65. The van der Waals surface area contributed by atoms with Crippen LogP contribution in [0.1, 0.15) is 23.6 Å². The van der Waals surface area contributed by atoms with Gasteiger partial charge in [-0.05, 0) is 49.1 Å². The molecule has 140 valence electrons. The van der Waals surface area contributed by atoms with E-state index in [0.29, 0.717) is 6.54 Å². The number of aliphatic imine (C=N–C) groups is 1. The summed E-state index contributed by atoms with van der Waals surface area (Å²) in [6.07, 6.45) is 0.870. The third-order valence-electron chi connectivity index (χ3n) is 4.17. The quantitative estimate of drug-likeness (QED) is 0.563. The van der Waals surface area contributed by atoms with E-state index in [4.69, 9.17) is 9.47 Å². The zero-order chi connectivity index (χ0) is 18.8. The summed E-state index contributed by atoms with van der Waals surface area (Å²) >= 11 is 0. The van der Waals surface area contributed by atoms with E-state index in [1.807, 2.05) is 12.1 Å². The van der Waals surface area contributed by atoms with Crippen molar-refractivity contribution in [1.29, 1.82) is 0 Å². The topological polar surface area (TPSA) is 54.9 Å².